The van der Waals surface area contributed by atoms with E-state index in [2.05, 4.69) is 11.9 Å². The molecule has 0 amide bonds. The highest BCUT2D eigenvalue weighted by atomic mass is 16.5. The van der Waals surface area contributed by atoms with Crippen LogP contribution in [-0.2, 0) is 6.42 Å². The number of hydrogen-bond acceptors (Lipinski definition) is 3. The highest BCUT2D eigenvalue weighted by Gasteiger charge is 2.22. The highest BCUT2D eigenvalue weighted by Crippen LogP contribution is 2.42. The number of aromatic hydroxyl groups is 1. The molecule has 94 valence electrons. The molecule has 2 aromatic rings. The Bertz CT molecular complexity index is 607. The first kappa shape index (κ1) is 11.2. The van der Waals surface area contributed by atoms with Crippen molar-refractivity contribution in [3.8, 4) is 11.5 Å². The summed E-state index contributed by atoms with van der Waals surface area (Å²) in [5, 5.41) is 12.1. The molecule has 3 heteroatoms. The normalized spacial score (nSPS) is 14.0. The van der Waals surface area contributed by atoms with Gasteiger partial charge in [-0.05, 0) is 25.0 Å². The molecule has 1 heterocycles. The van der Waals surface area contributed by atoms with Crippen LogP contribution in [0, 0.1) is 0 Å². The van der Waals surface area contributed by atoms with Crippen LogP contribution in [0.5, 0.6) is 11.5 Å². The molecule has 18 heavy (non-hydrogen) atoms. The predicted octanol–water partition coefficient (Wildman–Crippen LogP) is 2.94. The summed E-state index contributed by atoms with van der Waals surface area (Å²) in [5.41, 5.74) is 2.40. The summed E-state index contributed by atoms with van der Waals surface area (Å²) in [6.07, 6.45) is 1.01. The summed E-state index contributed by atoms with van der Waals surface area (Å²) in [7, 11) is 2.06. The van der Waals surface area contributed by atoms with E-state index >= 15 is 0 Å². The zero-order valence-electron chi connectivity index (χ0n) is 10.7. The first-order valence-electron chi connectivity index (χ1n) is 6.34. The molecule has 2 aromatic carbocycles. The second-order valence-corrected chi connectivity index (χ2v) is 4.68. The first-order chi connectivity index (χ1) is 8.72. The van der Waals surface area contributed by atoms with E-state index in [4.69, 9.17) is 4.74 Å². The predicted molar refractivity (Wildman–Crippen MR) is 73.8 cm³/mol. The van der Waals surface area contributed by atoms with Crippen molar-refractivity contribution in [1.82, 2.24) is 0 Å². The Labute approximate surface area is 107 Å². The van der Waals surface area contributed by atoms with Gasteiger partial charge in [0.1, 0.15) is 11.5 Å². The number of phenolic OH excluding ortho intramolecular Hbond substituents is 1. The van der Waals surface area contributed by atoms with Crippen LogP contribution < -0.4 is 9.64 Å². The van der Waals surface area contributed by atoms with E-state index in [1.807, 2.05) is 31.2 Å². The van der Waals surface area contributed by atoms with Crippen LogP contribution in [0.2, 0.25) is 0 Å². The zero-order valence-corrected chi connectivity index (χ0v) is 10.7. The Hall–Kier alpha value is -1.90. The number of anilines is 1. The minimum Gasteiger partial charge on any atom is -0.507 e. The number of fused-ring (bicyclic) bond motifs is 3. The van der Waals surface area contributed by atoms with Gasteiger partial charge in [0.15, 0.2) is 0 Å². The van der Waals surface area contributed by atoms with Crippen LogP contribution in [0.4, 0.5) is 5.69 Å². The van der Waals surface area contributed by atoms with E-state index in [0.29, 0.717) is 12.4 Å². The highest BCUT2D eigenvalue weighted by molar-refractivity contribution is 6.00. The van der Waals surface area contributed by atoms with Crippen molar-refractivity contribution >= 4 is 16.5 Å². The molecule has 0 spiro atoms. The van der Waals surface area contributed by atoms with Gasteiger partial charge < -0.3 is 14.7 Å². The Balaban J connectivity index is 2.36. The molecule has 0 fully saturated rings. The van der Waals surface area contributed by atoms with E-state index in [-0.39, 0.29) is 0 Å². The topological polar surface area (TPSA) is 32.7 Å². The maximum absolute atomic E-state index is 10.2. The molecular formula is C15H17NO2. The standard InChI is InChI=1S/C15H17NO2/c1-3-18-14-6-4-5-11-13(17)9-12-10(15(11)14)7-8-16(12)2/h4-6,9,17H,3,7-8H2,1-2H3. The quantitative estimate of drug-likeness (QED) is 0.880. The van der Waals surface area contributed by atoms with Crippen molar-refractivity contribution in [2.45, 2.75) is 13.3 Å². The SMILES string of the molecule is CCOc1cccc2c(O)cc3c(c12)CCN3C. The number of benzene rings is 2. The lowest BCUT2D eigenvalue weighted by Gasteiger charge is -2.15. The monoisotopic (exact) mass is 243 g/mol. The third-order valence-corrected chi connectivity index (χ3v) is 3.59. The molecule has 0 radical (unpaired) electrons. The van der Waals surface area contributed by atoms with Crippen molar-refractivity contribution in [1.29, 1.82) is 0 Å². The van der Waals surface area contributed by atoms with Gasteiger partial charge in [0.05, 0.1) is 6.61 Å². The van der Waals surface area contributed by atoms with Gasteiger partial charge >= 0.3 is 0 Å². The second kappa shape index (κ2) is 4.09. The Kier molecular flexibility index (Phi) is 2.54. The Morgan fingerprint density at radius 1 is 1.39 bits per heavy atom. The number of likely N-dealkylation sites (N-methyl/N-ethyl adjacent to an activating group) is 1. The minimum absolute atomic E-state index is 0.332. The average Bonchev–Trinajstić information content (AvgIpc) is 2.72. The number of nitrogens with zero attached hydrogens (tertiary/aromatic N) is 1. The second-order valence-electron chi connectivity index (χ2n) is 4.68. The Morgan fingerprint density at radius 3 is 3.00 bits per heavy atom. The van der Waals surface area contributed by atoms with E-state index in [1.165, 1.54) is 5.56 Å². The van der Waals surface area contributed by atoms with E-state index in [0.717, 1.165) is 35.2 Å². The fourth-order valence-electron chi connectivity index (χ4n) is 2.75. The van der Waals surface area contributed by atoms with Crippen LogP contribution in [0.1, 0.15) is 12.5 Å². The van der Waals surface area contributed by atoms with Crippen molar-refractivity contribution in [3.05, 3.63) is 29.8 Å². The average molecular weight is 243 g/mol. The maximum Gasteiger partial charge on any atom is 0.127 e. The molecule has 3 rings (SSSR count). The van der Waals surface area contributed by atoms with Gasteiger partial charge in [-0.2, -0.15) is 0 Å². The third kappa shape index (κ3) is 1.50. The summed E-state index contributed by atoms with van der Waals surface area (Å²) in [4.78, 5) is 2.18. The van der Waals surface area contributed by atoms with Crippen molar-refractivity contribution in [2.75, 3.05) is 25.1 Å². The van der Waals surface area contributed by atoms with E-state index in [1.54, 1.807) is 0 Å². The minimum atomic E-state index is 0.332. The van der Waals surface area contributed by atoms with Gasteiger partial charge in [0.25, 0.3) is 0 Å². The van der Waals surface area contributed by atoms with E-state index in [9.17, 15) is 5.11 Å². The van der Waals surface area contributed by atoms with Crippen LogP contribution in [-0.4, -0.2) is 25.3 Å². The fraction of sp³-hybridized carbons (Fsp3) is 0.333. The largest absolute Gasteiger partial charge is 0.507 e. The lowest BCUT2D eigenvalue weighted by Crippen LogP contribution is -2.12. The lowest BCUT2D eigenvalue weighted by molar-refractivity contribution is 0.344. The molecule has 0 saturated heterocycles. The maximum atomic E-state index is 10.2. The van der Waals surface area contributed by atoms with Gasteiger partial charge in [-0.25, -0.2) is 0 Å². The molecule has 3 nitrogen and oxygen atoms in total. The number of hydrogen-bond donors (Lipinski definition) is 1. The summed E-state index contributed by atoms with van der Waals surface area (Å²) in [5.74, 6) is 1.21. The molecule has 1 aliphatic rings. The van der Waals surface area contributed by atoms with Gasteiger partial charge in [0.2, 0.25) is 0 Å². The first-order valence-corrected chi connectivity index (χ1v) is 6.34. The van der Waals surface area contributed by atoms with Crippen LogP contribution in [0.15, 0.2) is 24.3 Å². The molecule has 0 aliphatic carbocycles. The van der Waals surface area contributed by atoms with Gasteiger partial charge in [-0.15, -0.1) is 0 Å². The summed E-state index contributed by atoms with van der Waals surface area (Å²) < 4.78 is 5.71. The van der Waals surface area contributed by atoms with Crippen LogP contribution >= 0.6 is 0 Å². The molecule has 0 atom stereocenters. The summed E-state index contributed by atoms with van der Waals surface area (Å²) in [6, 6.07) is 7.72. The molecule has 0 unspecified atom stereocenters. The van der Waals surface area contributed by atoms with E-state index < -0.39 is 0 Å². The van der Waals surface area contributed by atoms with Crippen molar-refractivity contribution in [2.24, 2.45) is 0 Å². The van der Waals surface area contributed by atoms with Gasteiger partial charge in [-0.1, -0.05) is 12.1 Å². The molecule has 0 bridgehead atoms. The zero-order chi connectivity index (χ0) is 12.7. The molecule has 1 aliphatic heterocycles. The number of rotatable bonds is 2. The number of phenols is 1. The van der Waals surface area contributed by atoms with Crippen molar-refractivity contribution < 1.29 is 9.84 Å². The van der Waals surface area contributed by atoms with Crippen LogP contribution in [0.25, 0.3) is 10.8 Å². The van der Waals surface area contributed by atoms with Crippen molar-refractivity contribution in [3.63, 3.8) is 0 Å². The fourth-order valence-corrected chi connectivity index (χ4v) is 2.75. The molecule has 1 N–H and O–H groups in total. The lowest BCUT2D eigenvalue weighted by atomic mass is 10.0. The molecular weight excluding hydrogens is 226 g/mol. The van der Waals surface area contributed by atoms with Gasteiger partial charge in [-0.3, -0.25) is 0 Å². The third-order valence-electron chi connectivity index (χ3n) is 3.59. The molecule has 0 aromatic heterocycles. The summed E-state index contributed by atoms with van der Waals surface area (Å²) in [6.45, 7) is 3.61. The van der Waals surface area contributed by atoms with Crippen LogP contribution in [0.3, 0.4) is 0 Å². The summed E-state index contributed by atoms with van der Waals surface area (Å²) >= 11 is 0. The Morgan fingerprint density at radius 2 is 2.22 bits per heavy atom. The van der Waals surface area contributed by atoms with Gasteiger partial charge in [0, 0.05) is 36.1 Å². The smallest absolute Gasteiger partial charge is 0.127 e. The number of ether oxygens (including phenoxy) is 1. The molecule has 0 saturated carbocycles.